The normalized spacial score (nSPS) is 15.0. The molecule has 2 heterocycles. The summed E-state index contributed by atoms with van der Waals surface area (Å²) in [6.45, 7) is 1.22. The van der Waals surface area contributed by atoms with Gasteiger partial charge in [0.15, 0.2) is 0 Å². The van der Waals surface area contributed by atoms with Gasteiger partial charge in [0.05, 0.1) is 18.9 Å². The molecule has 1 aromatic carbocycles. The second-order valence-corrected chi connectivity index (χ2v) is 7.61. The van der Waals surface area contributed by atoms with Gasteiger partial charge in [-0.25, -0.2) is 0 Å². The lowest BCUT2D eigenvalue weighted by atomic mass is 10.0. The molecule has 0 unspecified atom stereocenters. The molecule has 0 radical (unpaired) electrons. The number of piperidine rings is 1. The molecule has 1 saturated heterocycles. The monoisotopic (exact) mass is 446 g/mol. The number of carbonyl (C=O) groups is 2. The molecule has 1 N–H and O–H groups in total. The molecular weight excluding hydrogens is 424 g/mol. The van der Waals surface area contributed by atoms with Crippen LogP contribution in [0.15, 0.2) is 41.1 Å². The van der Waals surface area contributed by atoms with Gasteiger partial charge in [0, 0.05) is 48.5 Å². The number of hydrogen-bond acceptors (Lipinski definition) is 4. The maximum atomic E-state index is 12.5. The minimum atomic E-state index is -0.125. The van der Waals surface area contributed by atoms with Gasteiger partial charge >= 0.3 is 0 Å². The van der Waals surface area contributed by atoms with E-state index in [0.29, 0.717) is 24.4 Å². The summed E-state index contributed by atoms with van der Waals surface area (Å²) in [7, 11) is 3.38. The van der Waals surface area contributed by atoms with Crippen LogP contribution in [0.2, 0.25) is 0 Å². The summed E-state index contributed by atoms with van der Waals surface area (Å²) in [4.78, 5) is 26.5. The van der Waals surface area contributed by atoms with Crippen molar-refractivity contribution in [2.24, 2.45) is 7.05 Å². The SMILES string of the molecule is COc1ccc(Br)cc1/C=C/C(=O)N1CCC(NC(=O)c2cnn(C)c2)CC1. The fourth-order valence-electron chi connectivity index (χ4n) is 3.15. The zero-order chi connectivity index (χ0) is 20.1. The number of carbonyl (C=O) groups excluding carboxylic acids is 2. The van der Waals surface area contributed by atoms with E-state index in [9.17, 15) is 9.59 Å². The van der Waals surface area contributed by atoms with E-state index in [1.807, 2.05) is 18.2 Å². The Kier molecular flexibility index (Phi) is 6.51. The van der Waals surface area contributed by atoms with Crippen molar-refractivity contribution >= 4 is 33.8 Å². The van der Waals surface area contributed by atoms with Crippen molar-refractivity contribution in [2.75, 3.05) is 20.2 Å². The van der Waals surface area contributed by atoms with Crippen LogP contribution in [0, 0.1) is 0 Å². The van der Waals surface area contributed by atoms with Gasteiger partial charge in [-0.15, -0.1) is 0 Å². The third-order valence-corrected chi connectivity index (χ3v) is 5.20. The molecule has 0 saturated carbocycles. The van der Waals surface area contributed by atoms with Crippen LogP contribution in [0.3, 0.4) is 0 Å². The number of methoxy groups -OCH3 is 1. The minimum absolute atomic E-state index is 0.0425. The predicted molar refractivity (Wildman–Crippen MR) is 110 cm³/mol. The molecular formula is C20H23BrN4O3. The van der Waals surface area contributed by atoms with Crippen molar-refractivity contribution in [2.45, 2.75) is 18.9 Å². The van der Waals surface area contributed by atoms with Crippen LogP contribution < -0.4 is 10.1 Å². The number of aromatic nitrogens is 2. The maximum Gasteiger partial charge on any atom is 0.254 e. The van der Waals surface area contributed by atoms with Gasteiger partial charge in [-0.2, -0.15) is 5.10 Å². The first-order valence-corrected chi connectivity index (χ1v) is 9.85. The number of ether oxygens (including phenoxy) is 1. The highest BCUT2D eigenvalue weighted by Crippen LogP contribution is 2.24. The lowest BCUT2D eigenvalue weighted by Crippen LogP contribution is -2.46. The molecule has 1 fully saturated rings. The first-order chi connectivity index (χ1) is 13.5. The molecule has 2 aromatic rings. The Hall–Kier alpha value is -2.61. The van der Waals surface area contributed by atoms with Gasteiger partial charge in [-0.05, 0) is 37.1 Å². The first kappa shape index (κ1) is 20.1. The topological polar surface area (TPSA) is 76.5 Å². The lowest BCUT2D eigenvalue weighted by Gasteiger charge is -2.31. The highest BCUT2D eigenvalue weighted by Gasteiger charge is 2.23. The largest absolute Gasteiger partial charge is 0.496 e. The van der Waals surface area contributed by atoms with Gasteiger partial charge in [0.25, 0.3) is 5.91 Å². The van der Waals surface area contributed by atoms with Gasteiger partial charge < -0.3 is 15.0 Å². The van der Waals surface area contributed by atoms with E-state index in [4.69, 9.17) is 4.74 Å². The summed E-state index contributed by atoms with van der Waals surface area (Å²) in [6.07, 6.45) is 8.03. The molecule has 0 aliphatic carbocycles. The number of benzene rings is 1. The van der Waals surface area contributed by atoms with Crippen LogP contribution in [0.4, 0.5) is 0 Å². The second kappa shape index (κ2) is 9.05. The molecule has 7 nitrogen and oxygen atoms in total. The summed E-state index contributed by atoms with van der Waals surface area (Å²) >= 11 is 3.43. The van der Waals surface area contributed by atoms with Crippen LogP contribution in [0.25, 0.3) is 6.08 Å². The fourth-order valence-corrected chi connectivity index (χ4v) is 3.53. The van der Waals surface area contributed by atoms with Crippen LogP contribution in [-0.2, 0) is 11.8 Å². The number of rotatable bonds is 5. The quantitative estimate of drug-likeness (QED) is 0.716. The predicted octanol–water partition coefficient (Wildman–Crippen LogP) is 2.63. The summed E-state index contributed by atoms with van der Waals surface area (Å²) in [6, 6.07) is 5.71. The Morgan fingerprint density at radius 2 is 2.07 bits per heavy atom. The van der Waals surface area contributed by atoms with E-state index in [1.165, 1.54) is 0 Å². The molecule has 8 heteroatoms. The van der Waals surface area contributed by atoms with Crippen molar-refractivity contribution in [1.82, 2.24) is 20.0 Å². The summed E-state index contributed by atoms with van der Waals surface area (Å²) < 4.78 is 7.85. The van der Waals surface area contributed by atoms with Gasteiger partial charge in [0.1, 0.15) is 5.75 Å². The first-order valence-electron chi connectivity index (χ1n) is 9.06. The van der Waals surface area contributed by atoms with E-state index < -0.39 is 0 Å². The number of amides is 2. The Morgan fingerprint density at radius 3 is 2.71 bits per heavy atom. The smallest absolute Gasteiger partial charge is 0.254 e. The molecule has 1 aliphatic heterocycles. The van der Waals surface area contributed by atoms with Crippen LogP contribution in [0.1, 0.15) is 28.8 Å². The van der Waals surface area contributed by atoms with Gasteiger partial charge in [-0.3, -0.25) is 14.3 Å². The van der Waals surface area contributed by atoms with Crippen LogP contribution >= 0.6 is 15.9 Å². The zero-order valence-corrected chi connectivity index (χ0v) is 17.5. The number of halogens is 1. The molecule has 28 heavy (non-hydrogen) atoms. The van der Waals surface area contributed by atoms with Crippen molar-refractivity contribution in [1.29, 1.82) is 0 Å². The molecule has 1 aromatic heterocycles. The Bertz CT molecular complexity index is 885. The molecule has 1 aliphatic rings. The third-order valence-electron chi connectivity index (χ3n) is 4.71. The summed E-state index contributed by atoms with van der Waals surface area (Å²) in [5.74, 6) is 0.544. The van der Waals surface area contributed by atoms with Crippen molar-refractivity contribution < 1.29 is 14.3 Å². The van der Waals surface area contributed by atoms with Crippen molar-refractivity contribution in [3.8, 4) is 5.75 Å². The van der Waals surface area contributed by atoms with E-state index in [1.54, 1.807) is 48.3 Å². The molecule has 3 rings (SSSR count). The molecule has 2 amide bonds. The average molecular weight is 447 g/mol. The lowest BCUT2D eigenvalue weighted by molar-refractivity contribution is -0.126. The average Bonchev–Trinajstić information content (AvgIpc) is 3.13. The number of nitrogens with zero attached hydrogens (tertiary/aromatic N) is 3. The van der Waals surface area contributed by atoms with E-state index in [-0.39, 0.29) is 17.9 Å². The molecule has 0 spiro atoms. The Labute approximate surface area is 172 Å². The third kappa shape index (κ3) is 5.01. The van der Waals surface area contributed by atoms with Crippen LogP contribution in [-0.4, -0.2) is 52.7 Å². The summed E-state index contributed by atoms with van der Waals surface area (Å²) in [5, 5.41) is 7.03. The van der Waals surface area contributed by atoms with Crippen molar-refractivity contribution in [3.05, 3.63) is 52.3 Å². The highest BCUT2D eigenvalue weighted by atomic mass is 79.9. The standard InChI is InChI=1S/C20H23BrN4O3/c1-24-13-15(12-22-24)20(27)23-17-7-9-25(10-8-17)19(26)6-3-14-11-16(21)4-5-18(14)28-2/h3-6,11-13,17H,7-10H2,1-2H3,(H,23,27)/b6-3+. The fraction of sp³-hybridized carbons (Fsp3) is 0.350. The Morgan fingerprint density at radius 1 is 1.32 bits per heavy atom. The minimum Gasteiger partial charge on any atom is -0.496 e. The second-order valence-electron chi connectivity index (χ2n) is 6.70. The van der Waals surface area contributed by atoms with Gasteiger partial charge in [0.2, 0.25) is 5.91 Å². The van der Waals surface area contributed by atoms with Gasteiger partial charge in [-0.1, -0.05) is 15.9 Å². The zero-order valence-electron chi connectivity index (χ0n) is 15.9. The van der Waals surface area contributed by atoms with Crippen molar-refractivity contribution in [3.63, 3.8) is 0 Å². The summed E-state index contributed by atoms with van der Waals surface area (Å²) in [5.41, 5.74) is 1.38. The van der Waals surface area contributed by atoms with E-state index in [0.717, 1.165) is 22.9 Å². The maximum absolute atomic E-state index is 12.5. The van der Waals surface area contributed by atoms with E-state index >= 15 is 0 Å². The van der Waals surface area contributed by atoms with E-state index in [2.05, 4.69) is 26.3 Å². The number of likely N-dealkylation sites (tertiary alicyclic amines) is 1. The van der Waals surface area contributed by atoms with Crippen LogP contribution in [0.5, 0.6) is 5.75 Å². The number of hydrogen-bond donors (Lipinski definition) is 1. The number of nitrogens with one attached hydrogen (secondary N) is 1. The Balaban J connectivity index is 1.52. The molecule has 148 valence electrons. The number of aryl methyl sites for hydroxylation is 1. The molecule has 0 atom stereocenters. The highest BCUT2D eigenvalue weighted by molar-refractivity contribution is 9.10. The molecule has 0 bridgehead atoms.